The van der Waals surface area contributed by atoms with Gasteiger partial charge in [0.2, 0.25) is 0 Å². The zero-order valence-electron chi connectivity index (χ0n) is 13.2. The lowest BCUT2D eigenvalue weighted by atomic mass is 10.2. The highest BCUT2D eigenvalue weighted by atomic mass is 35.5. The van der Waals surface area contributed by atoms with E-state index in [0.717, 1.165) is 11.3 Å². The van der Waals surface area contributed by atoms with Crippen LogP contribution in [0.4, 0.5) is 5.69 Å². The molecule has 6 nitrogen and oxygen atoms in total. The Morgan fingerprint density at radius 1 is 1.21 bits per heavy atom. The summed E-state index contributed by atoms with van der Waals surface area (Å²) in [6.07, 6.45) is 1.56. The van der Waals surface area contributed by atoms with Crippen LogP contribution in [0.15, 0.2) is 48.7 Å². The van der Waals surface area contributed by atoms with Crippen molar-refractivity contribution in [2.24, 2.45) is 0 Å². The number of halogens is 1. The molecule has 0 saturated carbocycles. The SMILES string of the molecule is COc1ccc(Cl)c(NC(=O)c2cn(-c3ccc(C)cc3)nn2)c1. The van der Waals surface area contributed by atoms with Crippen LogP contribution in [-0.4, -0.2) is 28.0 Å². The van der Waals surface area contributed by atoms with Gasteiger partial charge in [0, 0.05) is 6.07 Å². The molecule has 1 aromatic heterocycles. The second-order valence-corrected chi connectivity index (χ2v) is 5.59. The fourth-order valence-electron chi connectivity index (χ4n) is 2.11. The third-order valence-corrected chi connectivity index (χ3v) is 3.78. The topological polar surface area (TPSA) is 69.0 Å². The molecule has 7 heteroatoms. The van der Waals surface area contributed by atoms with E-state index in [0.29, 0.717) is 16.5 Å². The normalized spacial score (nSPS) is 10.5. The Bertz CT molecular complexity index is 875. The Morgan fingerprint density at radius 3 is 2.67 bits per heavy atom. The molecule has 0 aliphatic rings. The van der Waals surface area contributed by atoms with Crippen molar-refractivity contribution in [1.29, 1.82) is 0 Å². The largest absolute Gasteiger partial charge is 0.497 e. The van der Waals surface area contributed by atoms with E-state index in [2.05, 4.69) is 15.6 Å². The van der Waals surface area contributed by atoms with Crippen molar-refractivity contribution in [1.82, 2.24) is 15.0 Å². The number of aryl methyl sites for hydroxylation is 1. The minimum atomic E-state index is -0.400. The molecule has 0 spiro atoms. The van der Waals surface area contributed by atoms with Crippen molar-refractivity contribution in [3.63, 3.8) is 0 Å². The minimum Gasteiger partial charge on any atom is -0.497 e. The third-order valence-electron chi connectivity index (χ3n) is 3.45. The van der Waals surface area contributed by atoms with Gasteiger partial charge in [0.25, 0.3) is 5.91 Å². The lowest BCUT2D eigenvalue weighted by molar-refractivity contribution is 0.102. The maximum absolute atomic E-state index is 12.3. The van der Waals surface area contributed by atoms with Gasteiger partial charge in [0.15, 0.2) is 5.69 Å². The summed E-state index contributed by atoms with van der Waals surface area (Å²) in [5, 5.41) is 11.0. The molecule has 1 heterocycles. The average molecular weight is 343 g/mol. The van der Waals surface area contributed by atoms with Crippen LogP contribution in [0.2, 0.25) is 5.02 Å². The van der Waals surface area contributed by atoms with Crippen molar-refractivity contribution in [2.75, 3.05) is 12.4 Å². The van der Waals surface area contributed by atoms with Gasteiger partial charge in [-0.1, -0.05) is 34.5 Å². The van der Waals surface area contributed by atoms with Gasteiger partial charge >= 0.3 is 0 Å². The monoisotopic (exact) mass is 342 g/mol. The number of ether oxygens (including phenoxy) is 1. The summed E-state index contributed by atoms with van der Waals surface area (Å²) >= 11 is 6.09. The lowest BCUT2D eigenvalue weighted by Gasteiger charge is -2.07. The van der Waals surface area contributed by atoms with Crippen LogP contribution >= 0.6 is 11.6 Å². The molecule has 122 valence electrons. The molecule has 0 atom stereocenters. The first-order chi connectivity index (χ1) is 11.6. The van der Waals surface area contributed by atoms with E-state index in [1.54, 1.807) is 36.2 Å². The van der Waals surface area contributed by atoms with Gasteiger partial charge in [-0.05, 0) is 31.2 Å². The summed E-state index contributed by atoms with van der Waals surface area (Å²) in [6, 6.07) is 12.8. The predicted octanol–water partition coefficient (Wildman–Crippen LogP) is 3.49. The Hall–Kier alpha value is -2.86. The molecule has 3 aromatic rings. The first-order valence-electron chi connectivity index (χ1n) is 7.21. The Morgan fingerprint density at radius 2 is 1.96 bits per heavy atom. The van der Waals surface area contributed by atoms with E-state index in [1.807, 2.05) is 31.2 Å². The second kappa shape index (κ2) is 6.72. The maximum Gasteiger partial charge on any atom is 0.277 e. The molecule has 1 N–H and O–H groups in total. The third kappa shape index (κ3) is 3.38. The number of hydrogen-bond donors (Lipinski definition) is 1. The van der Waals surface area contributed by atoms with Crippen LogP contribution in [0.5, 0.6) is 5.75 Å². The number of methoxy groups -OCH3 is 1. The Kier molecular flexibility index (Phi) is 4.48. The molecule has 0 aliphatic heterocycles. The molecule has 0 bridgehead atoms. The van der Waals surface area contributed by atoms with Crippen LogP contribution in [0.3, 0.4) is 0 Å². The Labute approximate surface area is 144 Å². The van der Waals surface area contributed by atoms with Gasteiger partial charge in [0.1, 0.15) is 5.75 Å². The average Bonchev–Trinajstić information content (AvgIpc) is 3.07. The van der Waals surface area contributed by atoms with E-state index < -0.39 is 5.91 Å². The van der Waals surface area contributed by atoms with Crippen molar-refractivity contribution in [3.8, 4) is 11.4 Å². The predicted molar refractivity (Wildman–Crippen MR) is 92.1 cm³/mol. The van der Waals surface area contributed by atoms with Crippen LogP contribution in [0.1, 0.15) is 16.1 Å². The minimum absolute atomic E-state index is 0.189. The first kappa shape index (κ1) is 16.0. The van der Waals surface area contributed by atoms with Gasteiger partial charge in [-0.25, -0.2) is 4.68 Å². The molecule has 0 unspecified atom stereocenters. The van der Waals surface area contributed by atoms with Crippen molar-refractivity contribution >= 4 is 23.2 Å². The van der Waals surface area contributed by atoms with Crippen LogP contribution in [-0.2, 0) is 0 Å². The molecule has 0 saturated heterocycles. The molecule has 0 fully saturated rings. The number of aromatic nitrogens is 3. The highest BCUT2D eigenvalue weighted by Gasteiger charge is 2.14. The van der Waals surface area contributed by atoms with Gasteiger partial charge in [-0.3, -0.25) is 4.79 Å². The zero-order valence-corrected chi connectivity index (χ0v) is 13.9. The number of carbonyl (C=O) groups excluding carboxylic acids is 1. The van der Waals surface area contributed by atoms with Gasteiger partial charge in [-0.15, -0.1) is 5.10 Å². The fraction of sp³-hybridized carbons (Fsp3) is 0.118. The summed E-state index contributed by atoms with van der Waals surface area (Å²) in [5.74, 6) is 0.196. The van der Waals surface area contributed by atoms with E-state index in [4.69, 9.17) is 16.3 Å². The molecule has 0 radical (unpaired) electrons. The number of rotatable bonds is 4. The van der Waals surface area contributed by atoms with Crippen molar-refractivity contribution in [3.05, 3.63) is 64.9 Å². The molecular formula is C17H15ClN4O2. The zero-order chi connectivity index (χ0) is 17.1. The number of nitrogens with one attached hydrogen (secondary N) is 1. The highest BCUT2D eigenvalue weighted by molar-refractivity contribution is 6.34. The number of carbonyl (C=O) groups is 1. The molecule has 0 aliphatic carbocycles. The molecule has 1 amide bonds. The summed E-state index contributed by atoms with van der Waals surface area (Å²) < 4.78 is 6.67. The van der Waals surface area contributed by atoms with Crippen LogP contribution in [0.25, 0.3) is 5.69 Å². The van der Waals surface area contributed by atoms with Crippen LogP contribution < -0.4 is 10.1 Å². The van der Waals surface area contributed by atoms with E-state index >= 15 is 0 Å². The summed E-state index contributed by atoms with van der Waals surface area (Å²) in [7, 11) is 1.54. The maximum atomic E-state index is 12.3. The highest BCUT2D eigenvalue weighted by Crippen LogP contribution is 2.27. The fourth-order valence-corrected chi connectivity index (χ4v) is 2.27. The number of amides is 1. The second-order valence-electron chi connectivity index (χ2n) is 5.18. The number of hydrogen-bond acceptors (Lipinski definition) is 4. The van der Waals surface area contributed by atoms with Gasteiger partial charge in [-0.2, -0.15) is 0 Å². The summed E-state index contributed by atoms with van der Waals surface area (Å²) in [4.78, 5) is 12.3. The van der Waals surface area contributed by atoms with Gasteiger partial charge < -0.3 is 10.1 Å². The lowest BCUT2D eigenvalue weighted by Crippen LogP contribution is -2.12. The van der Waals surface area contributed by atoms with E-state index in [-0.39, 0.29) is 5.69 Å². The van der Waals surface area contributed by atoms with Crippen molar-refractivity contribution in [2.45, 2.75) is 6.92 Å². The number of benzene rings is 2. The molecule has 2 aromatic carbocycles. The molecule has 24 heavy (non-hydrogen) atoms. The van der Waals surface area contributed by atoms with E-state index in [9.17, 15) is 4.79 Å². The van der Waals surface area contributed by atoms with Crippen molar-refractivity contribution < 1.29 is 9.53 Å². The summed E-state index contributed by atoms with van der Waals surface area (Å²) in [6.45, 7) is 2.00. The first-order valence-corrected chi connectivity index (χ1v) is 7.59. The standard InChI is InChI=1S/C17H15ClN4O2/c1-11-3-5-12(6-4-11)22-10-16(20-21-22)17(23)19-15-9-13(24-2)7-8-14(15)18/h3-10H,1-2H3,(H,19,23). The summed E-state index contributed by atoms with van der Waals surface area (Å²) in [5.41, 5.74) is 2.61. The van der Waals surface area contributed by atoms with Crippen LogP contribution in [0, 0.1) is 6.92 Å². The Balaban J connectivity index is 1.80. The number of nitrogens with zero attached hydrogens (tertiary/aromatic N) is 3. The molecule has 3 rings (SSSR count). The smallest absolute Gasteiger partial charge is 0.277 e. The number of anilines is 1. The van der Waals surface area contributed by atoms with Gasteiger partial charge in [0.05, 0.1) is 29.7 Å². The molecular weight excluding hydrogens is 328 g/mol. The van der Waals surface area contributed by atoms with E-state index in [1.165, 1.54) is 0 Å². The quantitative estimate of drug-likeness (QED) is 0.788.